The minimum absolute atomic E-state index is 0.286. The molecule has 0 spiro atoms. The second-order valence-electron chi connectivity index (χ2n) is 5.91. The Labute approximate surface area is 141 Å². The minimum Gasteiger partial charge on any atom is -0.304 e. The Hall–Kier alpha value is -1.98. The van der Waals surface area contributed by atoms with Crippen molar-refractivity contribution in [1.82, 2.24) is 20.1 Å². The normalized spacial score (nSPS) is 13.9. The van der Waals surface area contributed by atoms with Gasteiger partial charge in [-0.3, -0.25) is 0 Å². The highest BCUT2D eigenvalue weighted by Gasteiger charge is 2.14. The first kappa shape index (κ1) is 15.9. The highest BCUT2D eigenvalue weighted by molar-refractivity contribution is 7.12. The number of hydrogen-bond donors (Lipinski definition) is 1. The van der Waals surface area contributed by atoms with E-state index in [-0.39, 0.29) is 6.04 Å². The summed E-state index contributed by atoms with van der Waals surface area (Å²) < 4.78 is 1.77. The van der Waals surface area contributed by atoms with Gasteiger partial charge in [-0.25, -0.2) is 9.67 Å². The Morgan fingerprint density at radius 2 is 1.83 bits per heavy atom. The lowest BCUT2D eigenvalue weighted by Crippen LogP contribution is -2.22. The van der Waals surface area contributed by atoms with Crippen LogP contribution in [-0.2, 0) is 0 Å². The first-order valence-corrected chi connectivity index (χ1v) is 8.64. The molecule has 5 heteroatoms. The van der Waals surface area contributed by atoms with Crippen molar-refractivity contribution in [2.45, 2.75) is 39.8 Å². The highest BCUT2D eigenvalue weighted by Crippen LogP contribution is 2.28. The fourth-order valence-electron chi connectivity index (χ4n) is 2.90. The van der Waals surface area contributed by atoms with E-state index in [1.54, 1.807) is 17.3 Å². The number of rotatable bonds is 5. The third kappa shape index (κ3) is 3.51. The highest BCUT2D eigenvalue weighted by atomic mass is 32.1. The molecular formula is C18H22N4S. The number of aromatic nitrogens is 3. The van der Waals surface area contributed by atoms with Crippen LogP contribution in [0.2, 0.25) is 0 Å². The van der Waals surface area contributed by atoms with Gasteiger partial charge in [0, 0.05) is 21.8 Å². The molecule has 0 saturated heterocycles. The average Bonchev–Trinajstić information content (AvgIpc) is 3.17. The summed E-state index contributed by atoms with van der Waals surface area (Å²) in [6.07, 6.45) is 3.26. The van der Waals surface area contributed by atoms with Crippen LogP contribution in [-0.4, -0.2) is 14.8 Å². The summed E-state index contributed by atoms with van der Waals surface area (Å²) in [6.45, 7) is 8.80. The quantitative estimate of drug-likeness (QED) is 0.757. The topological polar surface area (TPSA) is 42.7 Å². The molecule has 1 N–H and O–H groups in total. The lowest BCUT2D eigenvalue weighted by atomic mass is 10.0. The Kier molecular flexibility index (Phi) is 4.59. The van der Waals surface area contributed by atoms with E-state index < -0.39 is 0 Å². The molecular weight excluding hydrogens is 304 g/mol. The number of aryl methyl sites for hydroxylation is 2. The summed E-state index contributed by atoms with van der Waals surface area (Å²) in [7, 11) is 0. The molecule has 2 heterocycles. The van der Waals surface area contributed by atoms with Crippen LogP contribution in [0.15, 0.2) is 43.0 Å². The Balaban J connectivity index is 1.70. The van der Waals surface area contributed by atoms with Crippen molar-refractivity contribution in [3.8, 4) is 5.69 Å². The summed E-state index contributed by atoms with van der Waals surface area (Å²) in [4.78, 5) is 6.75. The van der Waals surface area contributed by atoms with Crippen molar-refractivity contribution < 1.29 is 0 Å². The lowest BCUT2D eigenvalue weighted by Gasteiger charge is -2.21. The zero-order valence-corrected chi connectivity index (χ0v) is 14.8. The number of thiophene rings is 1. The maximum atomic E-state index is 4.15. The standard InChI is InChI=1S/C18H22N4S/c1-12-9-18(15(4)23-12)14(3)21-13(2)16-5-7-17(8-6-16)22-11-19-10-20-22/h5-11,13-14,21H,1-4H3/t13-,14-/m1/s1. The van der Waals surface area contributed by atoms with E-state index in [1.165, 1.54) is 20.9 Å². The lowest BCUT2D eigenvalue weighted by molar-refractivity contribution is 0.494. The summed E-state index contributed by atoms with van der Waals surface area (Å²) in [5.74, 6) is 0. The molecule has 0 aliphatic heterocycles. The molecule has 0 radical (unpaired) electrons. The maximum Gasteiger partial charge on any atom is 0.138 e. The molecule has 4 nitrogen and oxygen atoms in total. The van der Waals surface area contributed by atoms with Gasteiger partial charge in [-0.2, -0.15) is 5.10 Å². The Morgan fingerprint density at radius 1 is 1.09 bits per heavy atom. The zero-order chi connectivity index (χ0) is 16.4. The van der Waals surface area contributed by atoms with Crippen molar-refractivity contribution in [2.75, 3.05) is 0 Å². The van der Waals surface area contributed by atoms with Gasteiger partial charge in [-0.05, 0) is 57.0 Å². The van der Waals surface area contributed by atoms with E-state index in [9.17, 15) is 0 Å². The van der Waals surface area contributed by atoms with Gasteiger partial charge in [0.25, 0.3) is 0 Å². The Morgan fingerprint density at radius 3 is 2.39 bits per heavy atom. The molecule has 120 valence electrons. The molecule has 0 unspecified atom stereocenters. The van der Waals surface area contributed by atoms with Gasteiger partial charge in [0.2, 0.25) is 0 Å². The molecule has 2 aromatic heterocycles. The predicted molar refractivity (Wildman–Crippen MR) is 95.1 cm³/mol. The summed E-state index contributed by atoms with van der Waals surface area (Å²) in [5, 5.41) is 7.84. The zero-order valence-electron chi connectivity index (χ0n) is 13.9. The van der Waals surface area contributed by atoms with E-state index in [4.69, 9.17) is 0 Å². The molecule has 0 aliphatic rings. The first-order valence-electron chi connectivity index (χ1n) is 7.82. The van der Waals surface area contributed by atoms with Crippen LogP contribution >= 0.6 is 11.3 Å². The molecule has 0 saturated carbocycles. The van der Waals surface area contributed by atoms with Crippen LogP contribution in [0.25, 0.3) is 5.69 Å². The third-order valence-corrected chi connectivity index (χ3v) is 5.10. The molecule has 3 rings (SSSR count). The second-order valence-corrected chi connectivity index (χ2v) is 7.37. The Bertz CT molecular complexity index is 759. The van der Waals surface area contributed by atoms with Crippen LogP contribution in [0, 0.1) is 13.8 Å². The van der Waals surface area contributed by atoms with Crippen LogP contribution in [0.1, 0.15) is 46.8 Å². The fraction of sp³-hybridized carbons (Fsp3) is 0.333. The van der Waals surface area contributed by atoms with Crippen molar-refractivity contribution in [1.29, 1.82) is 0 Å². The predicted octanol–water partition coefficient (Wildman–Crippen LogP) is 4.36. The van der Waals surface area contributed by atoms with Crippen LogP contribution in [0.4, 0.5) is 0 Å². The third-order valence-electron chi connectivity index (χ3n) is 4.12. The van der Waals surface area contributed by atoms with Crippen molar-refractivity contribution in [3.05, 3.63) is 63.9 Å². The van der Waals surface area contributed by atoms with Gasteiger partial charge < -0.3 is 5.32 Å². The monoisotopic (exact) mass is 326 g/mol. The van der Waals surface area contributed by atoms with Gasteiger partial charge in [0.05, 0.1) is 5.69 Å². The first-order chi connectivity index (χ1) is 11.0. The van der Waals surface area contributed by atoms with E-state index in [1.807, 2.05) is 11.3 Å². The van der Waals surface area contributed by atoms with Gasteiger partial charge in [-0.1, -0.05) is 12.1 Å². The molecule has 2 atom stereocenters. The molecule has 0 aliphatic carbocycles. The van der Waals surface area contributed by atoms with Gasteiger partial charge in [-0.15, -0.1) is 11.3 Å². The number of nitrogens with one attached hydrogen (secondary N) is 1. The molecule has 23 heavy (non-hydrogen) atoms. The van der Waals surface area contributed by atoms with E-state index in [0.717, 1.165) is 5.69 Å². The molecule has 0 bridgehead atoms. The average molecular weight is 326 g/mol. The van der Waals surface area contributed by atoms with E-state index in [2.05, 4.69) is 73.4 Å². The number of nitrogens with zero attached hydrogens (tertiary/aromatic N) is 3. The molecule has 3 aromatic rings. The van der Waals surface area contributed by atoms with Crippen LogP contribution in [0.3, 0.4) is 0 Å². The fourth-order valence-corrected chi connectivity index (χ4v) is 3.92. The van der Waals surface area contributed by atoms with Crippen LogP contribution in [0.5, 0.6) is 0 Å². The maximum absolute atomic E-state index is 4.15. The second kappa shape index (κ2) is 6.64. The molecule has 0 amide bonds. The van der Waals surface area contributed by atoms with Crippen molar-refractivity contribution in [3.63, 3.8) is 0 Å². The minimum atomic E-state index is 0.286. The SMILES string of the molecule is Cc1cc([C@@H](C)N[C@H](C)c2ccc(-n3cncn3)cc2)c(C)s1. The van der Waals surface area contributed by atoms with Gasteiger partial charge >= 0.3 is 0 Å². The van der Waals surface area contributed by atoms with Crippen molar-refractivity contribution in [2.24, 2.45) is 0 Å². The summed E-state index contributed by atoms with van der Waals surface area (Å²) in [6, 6.07) is 11.4. The number of hydrogen-bond acceptors (Lipinski definition) is 4. The van der Waals surface area contributed by atoms with Gasteiger partial charge in [0.1, 0.15) is 12.7 Å². The molecule has 1 aromatic carbocycles. The van der Waals surface area contributed by atoms with Crippen LogP contribution < -0.4 is 5.32 Å². The van der Waals surface area contributed by atoms with E-state index in [0.29, 0.717) is 6.04 Å². The van der Waals surface area contributed by atoms with E-state index >= 15 is 0 Å². The summed E-state index contributed by atoms with van der Waals surface area (Å²) >= 11 is 1.87. The summed E-state index contributed by atoms with van der Waals surface area (Å²) in [5.41, 5.74) is 3.69. The largest absolute Gasteiger partial charge is 0.304 e. The van der Waals surface area contributed by atoms with Crippen molar-refractivity contribution >= 4 is 11.3 Å². The van der Waals surface area contributed by atoms with Gasteiger partial charge in [0.15, 0.2) is 0 Å². The number of benzene rings is 1. The molecule has 0 fully saturated rings. The smallest absolute Gasteiger partial charge is 0.138 e.